The quantitative estimate of drug-likeness (QED) is 0.290. The van der Waals surface area contributed by atoms with Gasteiger partial charge in [-0.3, -0.25) is 19.9 Å². The molecule has 0 saturated carbocycles. The highest BCUT2D eigenvalue weighted by Gasteiger charge is 2.22. The van der Waals surface area contributed by atoms with Crippen LogP contribution in [0.1, 0.15) is 20.8 Å². The molecule has 178 valence electrons. The summed E-state index contributed by atoms with van der Waals surface area (Å²) in [6, 6.07) is 11.6. The molecular formula is C26H22N8OS. The Balaban J connectivity index is 1.40. The zero-order chi connectivity index (χ0) is 24.9. The van der Waals surface area contributed by atoms with Crippen LogP contribution >= 0.6 is 11.3 Å². The van der Waals surface area contributed by atoms with E-state index in [9.17, 15) is 4.79 Å². The second-order valence-corrected chi connectivity index (χ2v) is 10.4. The first kappa shape index (κ1) is 22.1. The molecular weight excluding hydrogens is 472 g/mol. The first-order valence-electron chi connectivity index (χ1n) is 11.4. The lowest BCUT2D eigenvalue weighted by Gasteiger charge is -2.17. The normalized spacial score (nSPS) is 11.9. The summed E-state index contributed by atoms with van der Waals surface area (Å²) in [5, 5.41) is 12.5. The van der Waals surface area contributed by atoms with Crippen molar-refractivity contribution >= 4 is 45.0 Å². The standard InChI is InChI=1S/C26H22N8OS/c1-26(2,3)25(35)29-15-11-14(12-27-13-15)16-6-7-18-21(30-16)23(34-33-18)24-31-17-8-9-28-22(20(17)32-24)19-5-4-10-36-19/h4-13H,1-3H3,(H,29,35)(H,31,32)(H,33,34). The summed E-state index contributed by atoms with van der Waals surface area (Å²) in [6.45, 7) is 5.60. The Morgan fingerprint density at radius 1 is 1.00 bits per heavy atom. The molecule has 0 bridgehead atoms. The third-order valence-electron chi connectivity index (χ3n) is 5.76. The van der Waals surface area contributed by atoms with Crippen molar-refractivity contribution in [2.24, 2.45) is 5.41 Å². The van der Waals surface area contributed by atoms with Crippen molar-refractivity contribution in [2.75, 3.05) is 5.32 Å². The van der Waals surface area contributed by atoms with Crippen LogP contribution < -0.4 is 5.32 Å². The highest BCUT2D eigenvalue weighted by Crippen LogP contribution is 2.32. The van der Waals surface area contributed by atoms with Gasteiger partial charge in [-0.1, -0.05) is 26.8 Å². The second kappa shape index (κ2) is 8.35. The van der Waals surface area contributed by atoms with Crippen LogP contribution in [0.25, 0.3) is 55.4 Å². The van der Waals surface area contributed by atoms with Gasteiger partial charge in [0, 0.05) is 23.4 Å². The van der Waals surface area contributed by atoms with E-state index in [1.54, 1.807) is 29.9 Å². The topological polar surface area (TPSA) is 125 Å². The molecule has 6 aromatic heterocycles. The molecule has 6 aromatic rings. The minimum atomic E-state index is -0.510. The predicted octanol–water partition coefficient (Wildman–Crippen LogP) is 5.67. The zero-order valence-electron chi connectivity index (χ0n) is 19.8. The molecule has 0 aliphatic carbocycles. The number of carbonyl (C=O) groups is 1. The van der Waals surface area contributed by atoms with Crippen LogP contribution in [0.3, 0.4) is 0 Å². The maximum absolute atomic E-state index is 12.4. The number of aromatic nitrogens is 7. The van der Waals surface area contributed by atoms with Gasteiger partial charge >= 0.3 is 0 Å². The zero-order valence-corrected chi connectivity index (χ0v) is 20.6. The number of carbonyl (C=O) groups excluding carboxylic acids is 1. The van der Waals surface area contributed by atoms with Crippen LogP contribution in [0.5, 0.6) is 0 Å². The van der Waals surface area contributed by atoms with E-state index in [4.69, 9.17) is 9.97 Å². The van der Waals surface area contributed by atoms with Crippen molar-refractivity contribution in [3.05, 3.63) is 60.4 Å². The van der Waals surface area contributed by atoms with Gasteiger partial charge in [0.2, 0.25) is 5.91 Å². The number of imidazole rings is 1. The minimum Gasteiger partial charge on any atom is -0.336 e. The Hall–Kier alpha value is -4.44. The van der Waals surface area contributed by atoms with Gasteiger partial charge < -0.3 is 10.3 Å². The molecule has 9 nitrogen and oxygen atoms in total. The highest BCUT2D eigenvalue weighted by molar-refractivity contribution is 7.13. The molecule has 3 N–H and O–H groups in total. The Morgan fingerprint density at radius 2 is 1.86 bits per heavy atom. The number of nitrogens with one attached hydrogen (secondary N) is 3. The van der Waals surface area contributed by atoms with Gasteiger partial charge in [0.05, 0.1) is 33.5 Å². The number of rotatable bonds is 4. The van der Waals surface area contributed by atoms with Crippen molar-refractivity contribution in [1.82, 2.24) is 35.1 Å². The molecule has 10 heteroatoms. The summed E-state index contributed by atoms with van der Waals surface area (Å²) >= 11 is 1.62. The van der Waals surface area contributed by atoms with Crippen LogP contribution in [-0.2, 0) is 4.79 Å². The van der Waals surface area contributed by atoms with Crippen molar-refractivity contribution < 1.29 is 4.79 Å². The van der Waals surface area contributed by atoms with Crippen LogP contribution in [0.2, 0.25) is 0 Å². The third kappa shape index (κ3) is 3.91. The van der Waals surface area contributed by atoms with Crippen molar-refractivity contribution in [2.45, 2.75) is 20.8 Å². The number of hydrogen-bond donors (Lipinski definition) is 3. The number of aromatic amines is 2. The number of amides is 1. The average molecular weight is 495 g/mol. The van der Waals surface area contributed by atoms with Gasteiger partial charge in [-0.15, -0.1) is 11.3 Å². The van der Waals surface area contributed by atoms with Crippen LogP contribution in [0.15, 0.2) is 60.4 Å². The van der Waals surface area contributed by atoms with E-state index < -0.39 is 5.41 Å². The van der Waals surface area contributed by atoms with E-state index in [0.717, 1.165) is 32.7 Å². The Labute approximate surface area is 210 Å². The molecule has 1 amide bonds. The van der Waals surface area contributed by atoms with E-state index in [1.165, 1.54) is 0 Å². The molecule has 6 rings (SSSR count). The Bertz CT molecular complexity index is 1730. The van der Waals surface area contributed by atoms with Gasteiger partial charge in [-0.05, 0) is 35.7 Å². The number of hydrogen-bond acceptors (Lipinski definition) is 7. The molecule has 0 atom stereocenters. The average Bonchev–Trinajstić information content (AvgIpc) is 3.62. The first-order valence-corrected chi connectivity index (χ1v) is 12.3. The third-order valence-corrected chi connectivity index (χ3v) is 6.64. The molecule has 0 aromatic carbocycles. The van der Waals surface area contributed by atoms with Gasteiger partial charge in [0.25, 0.3) is 0 Å². The smallest absolute Gasteiger partial charge is 0.229 e. The van der Waals surface area contributed by atoms with E-state index in [1.807, 2.05) is 62.5 Å². The van der Waals surface area contributed by atoms with Gasteiger partial charge in [0.1, 0.15) is 16.7 Å². The molecule has 0 fully saturated rings. The number of nitrogens with zero attached hydrogens (tertiary/aromatic N) is 5. The van der Waals surface area contributed by atoms with Crippen molar-refractivity contribution in [3.63, 3.8) is 0 Å². The monoisotopic (exact) mass is 494 g/mol. The Morgan fingerprint density at radius 3 is 2.67 bits per heavy atom. The van der Waals surface area contributed by atoms with E-state index in [-0.39, 0.29) is 5.91 Å². The van der Waals surface area contributed by atoms with Crippen LogP contribution in [-0.4, -0.2) is 41.0 Å². The van der Waals surface area contributed by atoms with Gasteiger partial charge in [0.15, 0.2) is 11.5 Å². The van der Waals surface area contributed by atoms with Gasteiger partial charge in [-0.2, -0.15) is 5.10 Å². The SMILES string of the molecule is CC(C)(C)C(=O)Nc1cncc(-c2ccc3[nH]nc(-c4nc5c(-c6cccs6)nccc5[nH]4)c3n2)c1. The fourth-order valence-electron chi connectivity index (χ4n) is 3.83. The number of thiophene rings is 1. The second-order valence-electron chi connectivity index (χ2n) is 9.45. The fraction of sp³-hybridized carbons (Fsp3) is 0.154. The number of fused-ring (bicyclic) bond motifs is 2. The van der Waals surface area contributed by atoms with E-state index in [0.29, 0.717) is 28.4 Å². The summed E-state index contributed by atoms with van der Waals surface area (Å²) < 4.78 is 0. The maximum Gasteiger partial charge on any atom is 0.229 e. The summed E-state index contributed by atoms with van der Waals surface area (Å²) in [5.74, 6) is 0.527. The van der Waals surface area contributed by atoms with Gasteiger partial charge in [-0.25, -0.2) is 9.97 Å². The highest BCUT2D eigenvalue weighted by atomic mass is 32.1. The summed E-state index contributed by atoms with van der Waals surface area (Å²) in [5.41, 5.74) is 6.18. The largest absolute Gasteiger partial charge is 0.336 e. The molecule has 0 radical (unpaired) electrons. The lowest BCUT2D eigenvalue weighted by Crippen LogP contribution is -2.27. The maximum atomic E-state index is 12.4. The first-order chi connectivity index (χ1) is 17.4. The summed E-state index contributed by atoms with van der Waals surface area (Å²) in [6.07, 6.45) is 5.13. The van der Waals surface area contributed by atoms with Crippen molar-refractivity contribution in [3.8, 4) is 33.3 Å². The molecule has 0 saturated heterocycles. The number of anilines is 1. The van der Waals surface area contributed by atoms with E-state index in [2.05, 4.69) is 30.5 Å². The molecule has 6 heterocycles. The summed E-state index contributed by atoms with van der Waals surface area (Å²) in [7, 11) is 0. The minimum absolute atomic E-state index is 0.0803. The molecule has 0 spiro atoms. The molecule has 0 aliphatic rings. The lowest BCUT2D eigenvalue weighted by molar-refractivity contribution is -0.123. The predicted molar refractivity (Wildman–Crippen MR) is 141 cm³/mol. The fourth-order valence-corrected chi connectivity index (χ4v) is 4.55. The number of H-pyrrole nitrogens is 2. The molecule has 36 heavy (non-hydrogen) atoms. The summed E-state index contributed by atoms with van der Waals surface area (Å²) in [4.78, 5) is 35.4. The Kier molecular flexibility index (Phi) is 5.11. The molecule has 0 aliphatic heterocycles. The molecule has 0 unspecified atom stereocenters. The van der Waals surface area contributed by atoms with Crippen LogP contribution in [0.4, 0.5) is 5.69 Å². The van der Waals surface area contributed by atoms with Crippen LogP contribution in [0, 0.1) is 5.41 Å². The lowest BCUT2D eigenvalue weighted by atomic mass is 9.95. The number of pyridine rings is 3. The van der Waals surface area contributed by atoms with E-state index >= 15 is 0 Å². The van der Waals surface area contributed by atoms with Crippen molar-refractivity contribution in [1.29, 1.82) is 0 Å².